The molecule has 102 valence electrons. The van der Waals surface area contributed by atoms with Gasteiger partial charge in [-0.25, -0.2) is 4.79 Å². The van der Waals surface area contributed by atoms with Gasteiger partial charge in [0, 0.05) is 6.04 Å². The van der Waals surface area contributed by atoms with Crippen LogP contribution in [0.25, 0.3) is 0 Å². The predicted octanol–water partition coefficient (Wildman–Crippen LogP) is 3.25. The summed E-state index contributed by atoms with van der Waals surface area (Å²) in [6, 6.07) is 4.16. The fraction of sp³-hybridized carbons (Fsp3) is 0.643. The Morgan fingerprint density at radius 3 is 2.56 bits per heavy atom. The molecule has 1 aromatic heterocycles. The topological polar surface area (TPSA) is 42.7 Å². The number of carbonyl (C=O) groups excluding carboxylic acids is 1. The molecule has 1 heterocycles. The van der Waals surface area contributed by atoms with Crippen LogP contribution in [0.3, 0.4) is 0 Å². The zero-order chi connectivity index (χ0) is 13.7. The van der Waals surface area contributed by atoms with E-state index in [0.717, 1.165) is 18.7 Å². The summed E-state index contributed by atoms with van der Waals surface area (Å²) in [5, 5.41) is 0. The Morgan fingerprint density at radius 2 is 2.06 bits per heavy atom. The molecule has 4 heteroatoms. The second-order valence-electron chi connectivity index (χ2n) is 4.46. The van der Waals surface area contributed by atoms with Crippen molar-refractivity contribution >= 4 is 5.97 Å². The predicted molar refractivity (Wildman–Crippen MR) is 70.6 cm³/mol. The first-order chi connectivity index (χ1) is 8.54. The van der Waals surface area contributed by atoms with E-state index >= 15 is 0 Å². The van der Waals surface area contributed by atoms with E-state index in [1.165, 1.54) is 7.11 Å². The van der Waals surface area contributed by atoms with Crippen LogP contribution in [-0.2, 0) is 4.74 Å². The van der Waals surface area contributed by atoms with Crippen molar-refractivity contribution in [2.24, 2.45) is 0 Å². The molecule has 0 radical (unpaired) electrons. The Kier molecular flexibility index (Phi) is 5.41. The van der Waals surface area contributed by atoms with Gasteiger partial charge in [0.1, 0.15) is 5.76 Å². The number of carbonyl (C=O) groups is 1. The highest BCUT2D eigenvalue weighted by Gasteiger charge is 2.22. The van der Waals surface area contributed by atoms with Gasteiger partial charge in [0.2, 0.25) is 5.76 Å². The monoisotopic (exact) mass is 253 g/mol. The molecule has 0 saturated carbocycles. The maximum Gasteiger partial charge on any atom is 0.373 e. The molecule has 0 aliphatic rings. The van der Waals surface area contributed by atoms with E-state index in [1.807, 2.05) is 6.07 Å². The lowest BCUT2D eigenvalue weighted by Gasteiger charge is -2.31. The summed E-state index contributed by atoms with van der Waals surface area (Å²) in [4.78, 5) is 13.7. The lowest BCUT2D eigenvalue weighted by Crippen LogP contribution is -2.34. The minimum Gasteiger partial charge on any atom is -0.463 e. The van der Waals surface area contributed by atoms with Gasteiger partial charge in [-0.3, -0.25) is 4.90 Å². The smallest absolute Gasteiger partial charge is 0.373 e. The van der Waals surface area contributed by atoms with Crippen molar-refractivity contribution in [1.82, 2.24) is 4.90 Å². The number of hydrogen-bond acceptors (Lipinski definition) is 4. The summed E-state index contributed by atoms with van der Waals surface area (Å²) in [5.74, 6) is 0.636. The normalized spacial score (nSPS) is 14.6. The second-order valence-corrected chi connectivity index (χ2v) is 4.46. The first-order valence-corrected chi connectivity index (χ1v) is 6.48. The highest BCUT2D eigenvalue weighted by Crippen LogP contribution is 2.25. The van der Waals surface area contributed by atoms with E-state index in [4.69, 9.17) is 4.42 Å². The largest absolute Gasteiger partial charge is 0.463 e. The van der Waals surface area contributed by atoms with Gasteiger partial charge in [0.05, 0.1) is 13.2 Å². The molecule has 0 aliphatic carbocycles. The van der Waals surface area contributed by atoms with Crippen molar-refractivity contribution < 1.29 is 13.9 Å². The number of ether oxygens (including phenoxy) is 1. The number of nitrogens with zero attached hydrogens (tertiary/aromatic N) is 1. The molecular formula is C14H23NO3. The van der Waals surface area contributed by atoms with Crippen molar-refractivity contribution in [3.8, 4) is 0 Å². The molecule has 4 nitrogen and oxygen atoms in total. The fourth-order valence-electron chi connectivity index (χ4n) is 2.15. The summed E-state index contributed by atoms with van der Waals surface area (Å²) in [5.41, 5.74) is 0. The van der Waals surface area contributed by atoms with Gasteiger partial charge in [-0.1, -0.05) is 13.8 Å². The van der Waals surface area contributed by atoms with Gasteiger partial charge in [-0.2, -0.15) is 0 Å². The summed E-state index contributed by atoms with van der Waals surface area (Å²) < 4.78 is 10.2. The number of hydrogen-bond donors (Lipinski definition) is 0. The number of esters is 1. The molecule has 0 aromatic carbocycles. The number of furan rings is 1. The highest BCUT2D eigenvalue weighted by atomic mass is 16.5. The Morgan fingerprint density at radius 1 is 1.39 bits per heavy atom. The molecule has 1 aromatic rings. The van der Waals surface area contributed by atoms with E-state index < -0.39 is 5.97 Å². The fourth-order valence-corrected chi connectivity index (χ4v) is 2.15. The molecule has 0 N–H and O–H groups in total. The van der Waals surface area contributed by atoms with Crippen LogP contribution in [0.15, 0.2) is 16.5 Å². The SMILES string of the molecule is CCC(C)N(CC)C(C)c1ccc(C(=O)OC)o1. The van der Waals surface area contributed by atoms with Gasteiger partial charge in [0.25, 0.3) is 0 Å². The van der Waals surface area contributed by atoms with Crippen LogP contribution < -0.4 is 0 Å². The van der Waals surface area contributed by atoms with Gasteiger partial charge in [-0.05, 0) is 38.9 Å². The molecule has 0 spiro atoms. The van der Waals surface area contributed by atoms with Crippen molar-refractivity contribution in [1.29, 1.82) is 0 Å². The van der Waals surface area contributed by atoms with Crippen LogP contribution in [-0.4, -0.2) is 30.6 Å². The third kappa shape index (κ3) is 3.13. The standard InChI is InChI=1S/C14H23NO3/c1-6-10(3)15(7-2)11(4)12-8-9-13(18-12)14(16)17-5/h8-11H,6-7H2,1-5H3. The van der Waals surface area contributed by atoms with Crippen LogP contribution in [0.1, 0.15) is 56.5 Å². The van der Waals surface area contributed by atoms with Crippen LogP contribution in [0.5, 0.6) is 0 Å². The van der Waals surface area contributed by atoms with Crippen molar-refractivity contribution in [3.63, 3.8) is 0 Å². The zero-order valence-electron chi connectivity index (χ0n) is 11.9. The minimum atomic E-state index is -0.431. The molecule has 2 atom stereocenters. The van der Waals surface area contributed by atoms with E-state index in [9.17, 15) is 4.79 Å². The van der Waals surface area contributed by atoms with E-state index in [0.29, 0.717) is 6.04 Å². The van der Waals surface area contributed by atoms with Crippen LogP contribution in [0.2, 0.25) is 0 Å². The Labute approximate surface area is 109 Å². The first-order valence-electron chi connectivity index (χ1n) is 6.48. The van der Waals surface area contributed by atoms with Crippen molar-refractivity contribution in [3.05, 3.63) is 23.7 Å². The number of rotatable bonds is 6. The highest BCUT2D eigenvalue weighted by molar-refractivity contribution is 5.86. The summed E-state index contributed by atoms with van der Waals surface area (Å²) >= 11 is 0. The average Bonchev–Trinajstić information content (AvgIpc) is 2.87. The molecule has 18 heavy (non-hydrogen) atoms. The van der Waals surface area contributed by atoms with Crippen molar-refractivity contribution in [2.75, 3.05) is 13.7 Å². The van der Waals surface area contributed by atoms with Gasteiger partial charge in [0.15, 0.2) is 0 Å². The van der Waals surface area contributed by atoms with E-state index in [2.05, 4.69) is 37.3 Å². The van der Waals surface area contributed by atoms with Gasteiger partial charge in [-0.15, -0.1) is 0 Å². The van der Waals surface area contributed by atoms with Crippen LogP contribution >= 0.6 is 0 Å². The average molecular weight is 253 g/mol. The third-order valence-electron chi connectivity index (χ3n) is 3.44. The maximum absolute atomic E-state index is 11.3. The molecule has 1 rings (SSSR count). The molecule has 0 fully saturated rings. The van der Waals surface area contributed by atoms with Gasteiger partial charge < -0.3 is 9.15 Å². The zero-order valence-corrected chi connectivity index (χ0v) is 11.9. The van der Waals surface area contributed by atoms with Gasteiger partial charge >= 0.3 is 5.97 Å². The molecule has 0 amide bonds. The summed E-state index contributed by atoms with van der Waals surface area (Å²) in [6.07, 6.45) is 1.09. The third-order valence-corrected chi connectivity index (χ3v) is 3.44. The Bertz CT molecular complexity index is 386. The van der Waals surface area contributed by atoms with E-state index in [1.54, 1.807) is 6.07 Å². The summed E-state index contributed by atoms with van der Waals surface area (Å²) in [6.45, 7) is 9.54. The van der Waals surface area contributed by atoms with E-state index in [-0.39, 0.29) is 11.8 Å². The quantitative estimate of drug-likeness (QED) is 0.730. The molecule has 0 bridgehead atoms. The molecule has 0 saturated heterocycles. The second kappa shape index (κ2) is 6.59. The van der Waals surface area contributed by atoms with Crippen LogP contribution in [0, 0.1) is 0 Å². The summed E-state index contributed by atoms with van der Waals surface area (Å²) in [7, 11) is 1.35. The first kappa shape index (κ1) is 14.8. The molecular weight excluding hydrogens is 230 g/mol. The Hall–Kier alpha value is -1.29. The lowest BCUT2D eigenvalue weighted by molar-refractivity contribution is 0.0557. The lowest BCUT2D eigenvalue weighted by atomic mass is 10.1. The maximum atomic E-state index is 11.3. The molecule has 0 aliphatic heterocycles. The van der Waals surface area contributed by atoms with Crippen molar-refractivity contribution in [2.45, 2.75) is 46.2 Å². The molecule has 2 unspecified atom stereocenters. The number of methoxy groups -OCH3 is 1. The Balaban J connectivity index is 2.85. The minimum absolute atomic E-state index is 0.156. The van der Waals surface area contributed by atoms with Crippen LogP contribution in [0.4, 0.5) is 0 Å².